The van der Waals surface area contributed by atoms with Crippen LogP contribution in [0.5, 0.6) is 0 Å². The molecule has 12 heavy (non-hydrogen) atoms. The SMILES string of the molecule is Nc1cc(N)cc(/C=C/CO)c1. The molecule has 3 nitrogen and oxygen atoms in total. The van der Waals surface area contributed by atoms with E-state index in [0.29, 0.717) is 11.4 Å². The highest BCUT2D eigenvalue weighted by Gasteiger charge is 1.91. The summed E-state index contributed by atoms with van der Waals surface area (Å²) in [5.74, 6) is 0. The smallest absolute Gasteiger partial charge is 0.0615 e. The van der Waals surface area contributed by atoms with Crippen LogP contribution in [0.2, 0.25) is 0 Å². The van der Waals surface area contributed by atoms with Crippen LogP contribution in [0.15, 0.2) is 24.3 Å². The third kappa shape index (κ3) is 2.29. The van der Waals surface area contributed by atoms with Gasteiger partial charge in [-0.1, -0.05) is 12.2 Å². The number of nitrogens with two attached hydrogens (primary N) is 2. The van der Waals surface area contributed by atoms with E-state index in [9.17, 15) is 0 Å². The molecule has 0 unspecified atom stereocenters. The van der Waals surface area contributed by atoms with Crippen molar-refractivity contribution in [2.75, 3.05) is 18.1 Å². The van der Waals surface area contributed by atoms with Crippen LogP contribution < -0.4 is 11.5 Å². The first kappa shape index (κ1) is 8.62. The van der Waals surface area contributed by atoms with Crippen LogP contribution in [0.1, 0.15) is 5.56 Å². The number of hydrogen-bond acceptors (Lipinski definition) is 3. The fourth-order valence-electron chi connectivity index (χ4n) is 0.987. The van der Waals surface area contributed by atoms with Crippen molar-refractivity contribution < 1.29 is 5.11 Å². The number of hydrogen-bond donors (Lipinski definition) is 3. The zero-order valence-electron chi connectivity index (χ0n) is 6.70. The predicted molar refractivity (Wildman–Crippen MR) is 51.4 cm³/mol. The van der Waals surface area contributed by atoms with Gasteiger partial charge in [0.2, 0.25) is 0 Å². The van der Waals surface area contributed by atoms with Crippen molar-refractivity contribution in [2.24, 2.45) is 0 Å². The first-order valence-corrected chi connectivity index (χ1v) is 3.66. The van der Waals surface area contributed by atoms with Crippen LogP contribution in [0.3, 0.4) is 0 Å². The van der Waals surface area contributed by atoms with Crippen LogP contribution in [-0.2, 0) is 0 Å². The summed E-state index contributed by atoms with van der Waals surface area (Å²) < 4.78 is 0. The van der Waals surface area contributed by atoms with Crippen molar-refractivity contribution >= 4 is 17.5 Å². The van der Waals surface area contributed by atoms with E-state index < -0.39 is 0 Å². The lowest BCUT2D eigenvalue weighted by atomic mass is 10.1. The summed E-state index contributed by atoms with van der Waals surface area (Å²) in [6.07, 6.45) is 3.40. The highest BCUT2D eigenvalue weighted by Crippen LogP contribution is 2.14. The van der Waals surface area contributed by atoms with Crippen LogP contribution >= 0.6 is 0 Å². The van der Waals surface area contributed by atoms with Gasteiger partial charge in [-0.2, -0.15) is 0 Å². The van der Waals surface area contributed by atoms with Gasteiger partial charge in [-0.25, -0.2) is 0 Å². The molecule has 0 aromatic heterocycles. The highest BCUT2D eigenvalue weighted by atomic mass is 16.2. The van der Waals surface area contributed by atoms with Crippen LogP contribution in [-0.4, -0.2) is 11.7 Å². The molecule has 1 aromatic rings. The Bertz CT molecular complexity index is 274. The molecule has 5 N–H and O–H groups in total. The Hall–Kier alpha value is -1.48. The highest BCUT2D eigenvalue weighted by molar-refractivity contribution is 5.63. The van der Waals surface area contributed by atoms with Gasteiger partial charge in [0.25, 0.3) is 0 Å². The van der Waals surface area contributed by atoms with Crippen molar-refractivity contribution in [3.05, 3.63) is 29.8 Å². The minimum Gasteiger partial charge on any atom is -0.399 e. The van der Waals surface area contributed by atoms with Gasteiger partial charge >= 0.3 is 0 Å². The number of nitrogen functional groups attached to an aromatic ring is 2. The van der Waals surface area contributed by atoms with E-state index in [1.54, 1.807) is 30.4 Å². The lowest BCUT2D eigenvalue weighted by Gasteiger charge is -1.98. The van der Waals surface area contributed by atoms with Crippen molar-refractivity contribution in [1.29, 1.82) is 0 Å². The van der Waals surface area contributed by atoms with Gasteiger partial charge in [0.15, 0.2) is 0 Å². The molecular formula is C9H12N2O. The summed E-state index contributed by atoms with van der Waals surface area (Å²) >= 11 is 0. The summed E-state index contributed by atoms with van der Waals surface area (Å²) in [5, 5.41) is 8.52. The maximum absolute atomic E-state index is 8.52. The molecule has 0 radical (unpaired) electrons. The largest absolute Gasteiger partial charge is 0.399 e. The van der Waals surface area contributed by atoms with Gasteiger partial charge in [0.1, 0.15) is 0 Å². The van der Waals surface area contributed by atoms with E-state index >= 15 is 0 Å². The van der Waals surface area contributed by atoms with E-state index in [0.717, 1.165) is 5.56 Å². The number of benzene rings is 1. The van der Waals surface area contributed by atoms with E-state index in [1.165, 1.54) is 0 Å². The maximum Gasteiger partial charge on any atom is 0.0615 e. The van der Waals surface area contributed by atoms with Crippen molar-refractivity contribution in [1.82, 2.24) is 0 Å². The molecule has 0 amide bonds. The summed E-state index contributed by atoms with van der Waals surface area (Å²) in [6, 6.07) is 5.28. The molecule has 1 rings (SSSR count). The zero-order valence-corrected chi connectivity index (χ0v) is 6.70. The summed E-state index contributed by atoms with van der Waals surface area (Å²) in [6.45, 7) is 0.0225. The van der Waals surface area contributed by atoms with Crippen molar-refractivity contribution in [2.45, 2.75) is 0 Å². The van der Waals surface area contributed by atoms with E-state index in [4.69, 9.17) is 16.6 Å². The molecular weight excluding hydrogens is 152 g/mol. The number of aliphatic hydroxyl groups excluding tert-OH is 1. The maximum atomic E-state index is 8.52. The Balaban J connectivity index is 2.93. The normalized spacial score (nSPS) is 10.8. The summed E-state index contributed by atoms with van der Waals surface area (Å²) in [7, 11) is 0. The predicted octanol–water partition coefficient (Wildman–Crippen LogP) is 0.857. The van der Waals surface area contributed by atoms with Gasteiger partial charge in [-0.3, -0.25) is 0 Å². The fourth-order valence-corrected chi connectivity index (χ4v) is 0.987. The van der Waals surface area contributed by atoms with Gasteiger partial charge in [0, 0.05) is 11.4 Å². The van der Waals surface area contributed by atoms with Crippen LogP contribution in [0, 0.1) is 0 Å². The number of anilines is 2. The fraction of sp³-hybridized carbons (Fsp3) is 0.111. The van der Waals surface area contributed by atoms with Gasteiger partial charge in [-0.05, 0) is 23.8 Å². The van der Waals surface area contributed by atoms with Gasteiger partial charge in [-0.15, -0.1) is 0 Å². The second kappa shape index (κ2) is 3.78. The average molecular weight is 164 g/mol. The zero-order chi connectivity index (χ0) is 8.97. The van der Waals surface area contributed by atoms with E-state index in [2.05, 4.69) is 0 Å². The molecule has 0 aliphatic rings. The van der Waals surface area contributed by atoms with E-state index in [1.807, 2.05) is 0 Å². The monoisotopic (exact) mass is 164 g/mol. The topological polar surface area (TPSA) is 72.3 Å². The molecule has 0 heterocycles. The third-order valence-corrected chi connectivity index (χ3v) is 1.42. The Kier molecular flexibility index (Phi) is 2.71. The number of rotatable bonds is 2. The Morgan fingerprint density at radius 1 is 1.17 bits per heavy atom. The molecule has 0 spiro atoms. The Morgan fingerprint density at radius 3 is 2.25 bits per heavy atom. The molecule has 0 aliphatic carbocycles. The summed E-state index contributed by atoms with van der Waals surface area (Å²) in [4.78, 5) is 0. The molecule has 3 heteroatoms. The molecule has 0 saturated carbocycles. The van der Waals surface area contributed by atoms with Gasteiger partial charge in [0.05, 0.1) is 6.61 Å². The third-order valence-electron chi connectivity index (χ3n) is 1.42. The first-order valence-electron chi connectivity index (χ1n) is 3.66. The second-order valence-corrected chi connectivity index (χ2v) is 2.52. The van der Waals surface area contributed by atoms with E-state index in [-0.39, 0.29) is 6.61 Å². The first-order chi connectivity index (χ1) is 5.72. The molecule has 0 fully saturated rings. The standard InChI is InChI=1S/C9H12N2O/c10-8-4-7(2-1-3-12)5-9(11)6-8/h1-2,4-6,12H,3,10-11H2/b2-1+. The molecule has 0 saturated heterocycles. The minimum atomic E-state index is 0.0225. The molecule has 0 atom stereocenters. The summed E-state index contributed by atoms with van der Waals surface area (Å²) in [5.41, 5.74) is 13.3. The average Bonchev–Trinajstić information content (AvgIpc) is 1.99. The van der Waals surface area contributed by atoms with Crippen LogP contribution in [0.25, 0.3) is 6.08 Å². The van der Waals surface area contributed by atoms with Crippen molar-refractivity contribution in [3.63, 3.8) is 0 Å². The second-order valence-electron chi connectivity index (χ2n) is 2.52. The number of aliphatic hydroxyl groups is 1. The van der Waals surface area contributed by atoms with Crippen molar-refractivity contribution in [3.8, 4) is 0 Å². The molecule has 1 aromatic carbocycles. The van der Waals surface area contributed by atoms with Gasteiger partial charge < -0.3 is 16.6 Å². The molecule has 64 valence electrons. The molecule has 0 bridgehead atoms. The van der Waals surface area contributed by atoms with Crippen LogP contribution in [0.4, 0.5) is 11.4 Å². The lowest BCUT2D eigenvalue weighted by Crippen LogP contribution is -1.90. The lowest BCUT2D eigenvalue weighted by molar-refractivity contribution is 0.343. The quantitative estimate of drug-likeness (QED) is 0.567. The Labute approximate surface area is 71.3 Å². The minimum absolute atomic E-state index is 0.0225. The Morgan fingerprint density at radius 2 is 1.75 bits per heavy atom. The molecule has 0 aliphatic heterocycles.